The Balaban J connectivity index is 1.63. The van der Waals surface area contributed by atoms with E-state index in [2.05, 4.69) is 15.7 Å². The van der Waals surface area contributed by atoms with Crippen molar-refractivity contribution in [2.75, 3.05) is 18.4 Å². The Morgan fingerprint density at radius 3 is 2.40 bits per heavy atom. The summed E-state index contributed by atoms with van der Waals surface area (Å²) in [4.78, 5) is 35.5. The first-order valence-corrected chi connectivity index (χ1v) is 9.31. The van der Waals surface area contributed by atoms with Crippen LogP contribution in [0.25, 0.3) is 5.69 Å². The lowest BCUT2D eigenvalue weighted by atomic mass is 10.1. The van der Waals surface area contributed by atoms with Gasteiger partial charge in [-0.1, -0.05) is 30.3 Å². The Hall–Kier alpha value is -4.01. The molecule has 0 fully saturated rings. The smallest absolute Gasteiger partial charge is 0.292 e. The molecule has 30 heavy (non-hydrogen) atoms. The minimum Gasteiger partial charge on any atom is -0.378 e. The van der Waals surface area contributed by atoms with E-state index in [9.17, 15) is 19.7 Å². The number of nitrogens with one attached hydrogen (secondary N) is 2. The van der Waals surface area contributed by atoms with E-state index in [1.165, 1.54) is 6.07 Å². The lowest BCUT2D eigenvalue weighted by molar-refractivity contribution is -0.384. The van der Waals surface area contributed by atoms with E-state index in [-0.39, 0.29) is 24.3 Å². The molecule has 9 heteroatoms. The molecule has 0 unspecified atom stereocenters. The minimum absolute atomic E-state index is 0.0560. The predicted octanol–water partition coefficient (Wildman–Crippen LogP) is 2.81. The van der Waals surface area contributed by atoms with Crippen molar-refractivity contribution in [2.45, 2.75) is 13.8 Å². The first-order valence-electron chi connectivity index (χ1n) is 9.31. The molecule has 0 saturated carbocycles. The number of carbonyl (C=O) groups is 2. The number of rotatable bonds is 8. The van der Waals surface area contributed by atoms with E-state index in [0.717, 1.165) is 5.69 Å². The molecular weight excluding hydrogens is 386 g/mol. The molecule has 2 aromatic carbocycles. The maximum absolute atomic E-state index is 12.7. The molecule has 0 radical (unpaired) electrons. The Kier molecular flexibility index (Phi) is 6.21. The number of aromatic nitrogens is 2. The number of ketones is 1. The Labute approximate surface area is 172 Å². The monoisotopic (exact) mass is 407 g/mol. The van der Waals surface area contributed by atoms with Crippen molar-refractivity contribution in [3.05, 3.63) is 81.7 Å². The van der Waals surface area contributed by atoms with Crippen LogP contribution in [-0.2, 0) is 4.79 Å². The molecular formula is C21H21N5O4. The van der Waals surface area contributed by atoms with Crippen LogP contribution in [0.2, 0.25) is 0 Å². The van der Waals surface area contributed by atoms with Crippen LogP contribution in [0.4, 0.5) is 11.4 Å². The summed E-state index contributed by atoms with van der Waals surface area (Å²) in [5, 5.41) is 20.8. The quantitative estimate of drug-likeness (QED) is 0.195. The van der Waals surface area contributed by atoms with E-state index < -0.39 is 16.6 Å². The molecule has 0 bridgehead atoms. The fourth-order valence-corrected chi connectivity index (χ4v) is 3.14. The van der Waals surface area contributed by atoms with Crippen LogP contribution in [0, 0.1) is 24.0 Å². The topological polar surface area (TPSA) is 119 Å². The molecule has 9 nitrogen and oxygen atoms in total. The fraction of sp³-hybridized carbons (Fsp3) is 0.190. The number of hydrogen-bond acceptors (Lipinski definition) is 6. The van der Waals surface area contributed by atoms with Gasteiger partial charge in [0, 0.05) is 19.2 Å². The molecule has 154 valence electrons. The minimum atomic E-state index is -0.752. The van der Waals surface area contributed by atoms with Gasteiger partial charge in [-0.05, 0) is 32.0 Å². The largest absolute Gasteiger partial charge is 0.378 e. The molecule has 0 aliphatic rings. The van der Waals surface area contributed by atoms with E-state index in [4.69, 9.17) is 0 Å². The summed E-state index contributed by atoms with van der Waals surface area (Å²) in [5.41, 5.74) is 2.40. The number of anilines is 1. The molecule has 3 rings (SSSR count). The van der Waals surface area contributed by atoms with Crippen molar-refractivity contribution in [1.29, 1.82) is 0 Å². The van der Waals surface area contributed by atoms with Gasteiger partial charge in [-0.25, -0.2) is 4.68 Å². The molecule has 0 aliphatic heterocycles. The third kappa shape index (κ3) is 4.35. The van der Waals surface area contributed by atoms with Crippen LogP contribution in [0.1, 0.15) is 21.7 Å². The summed E-state index contributed by atoms with van der Waals surface area (Å²) in [7, 11) is 0. The predicted molar refractivity (Wildman–Crippen MR) is 112 cm³/mol. The molecule has 2 N–H and O–H groups in total. The van der Waals surface area contributed by atoms with Gasteiger partial charge in [-0.2, -0.15) is 5.10 Å². The maximum Gasteiger partial charge on any atom is 0.292 e. The van der Waals surface area contributed by atoms with Crippen molar-refractivity contribution < 1.29 is 14.5 Å². The van der Waals surface area contributed by atoms with Crippen LogP contribution < -0.4 is 10.6 Å². The molecule has 0 aliphatic carbocycles. The lowest BCUT2D eigenvalue weighted by Crippen LogP contribution is -2.35. The first kappa shape index (κ1) is 20.7. The summed E-state index contributed by atoms with van der Waals surface area (Å²) in [6, 6.07) is 15.6. The molecule has 0 saturated heterocycles. The number of benzene rings is 2. The number of carbonyl (C=O) groups excluding carboxylic acids is 2. The Morgan fingerprint density at radius 1 is 1.03 bits per heavy atom. The van der Waals surface area contributed by atoms with Gasteiger partial charge in [0.2, 0.25) is 0 Å². The van der Waals surface area contributed by atoms with Crippen LogP contribution in [0.3, 0.4) is 0 Å². The van der Waals surface area contributed by atoms with Crippen molar-refractivity contribution >= 4 is 23.1 Å². The third-order valence-electron chi connectivity index (χ3n) is 4.55. The molecule has 1 heterocycles. The molecule has 0 atom stereocenters. The highest BCUT2D eigenvalue weighted by molar-refractivity contribution is 6.43. The second-order valence-corrected chi connectivity index (χ2v) is 6.58. The van der Waals surface area contributed by atoms with Gasteiger partial charge >= 0.3 is 0 Å². The van der Waals surface area contributed by atoms with Crippen molar-refractivity contribution in [1.82, 2.24) is 15.1 Å². The summed E-state index contributed by atoms with van der Waals surface area (Å²) in [6.07, 6.45) is 0. The normalized spacial score (nSPS) is 10.5. The van der Waals surface area contributed by atoms with Crippen LogP contribution in [0.15, 0.2) is 54.6 Å². The van der Waals surface area contributed by atoms with E-state index in [1.54, 1.807) is 36.7 Å². The number of nitrogens with zero attached hydrogens (tertiary/aromatic N) is 3. The SMILES string of the molecule is Cc1nn(-c2ccccc2)c(C)c1C(=O)C(=O)NCCNc1ccccc1[N+](=O)[O-]. The third-order valence-corrected chi connectivity index (χ3v) is 4.55. The van der Waals surface area contributed by atoms with Gasteiger partial charge in [-0.15, -0.1) is 0 Å². The number of Topliss-reactive ketones (excluding diaryl/α,β-unsaturated/α-hetero) is 1. The van der Waals surface area contributed by atoms with Gasteiger partial charge in [-0.3, -0.25) is 19.7 Å². The zero-order valence-corrected chi connectivity index (χ0v) is 16.6. The number of nitro benzene ring substituents is 1. The fourth-order valence-electron chi connectivity index (χ4n) is 3.14. The van der Waals surface area contributed by atoms with Gasteiger partial charge in [0.15, 0.2) is 0 Å². The van der Waals surface area contributed by atoms with Gasteiger partial charge < -0.3 is 10.6 Å². The van der Waals surface area contributed by atoms with Crippen molar-refractivity contribution in [2.24, 2.45) is 0 Å². The summed E-state index contributed by atoms with van der Waals surface area (Å²) in [5.74, 6) is -1.42. The Morgan fingerprint density at radius 2 is 1.70 bits per heavy atom. The van der Waals surface area contributed by atoms with E-state index in [1.807, 2.05) is 30.3 Å². The Bertz CT molecular complexity index is 1090. The zero-order valence-electron chi connectivity index (χ0n) is 16.6. The molecule has 1 aromatic heterocycles. The molecule has 0 spiro atoms. The highest BCUT2D eigenvalue weighted by Gasteiger charge is 2.24. The summed E-state index contributed by atoms with van der Waals surface area (Å²) >= 11 is 0. The lowest BCUT2D eigenvalue weighted by Gasteiger charge is -2.08. The molecule has 3 aromatic rings. The number of amides is 1. The molecule has 1 amide bonds. The summed E-state index contributed by atoms with van der Waals surface area (Å²) in [6.45, 7) is 3.78. The van der Waals surface area contributed by atoms with Crippen molar-refractivity contribution in [3.8, 4) is 5.69 Å². The number of hydrogen-bond donors (Lipinski definition) is 2. The number of para-hydroxylation sites is 3. The first-order chi connectivity index (χ1) is 14.4. The number of nitro groups is 1. The van der Waals surface area contributed by atoms with Gasteiger partial charge in [0.05, 0.1) is 27.6 Å². The van der Waals surface area contributed by atoms with Crippen LogP contribution in [0.5, 0.6) is 0 Å². The highest BCUT2D eigenvalue weighted by atomic mass is 16.6. The van der Waals surface area contributed by atoms with E-state index in [0.29, 0.717) is 17.1 Å². The van der Waals surface area contributed by atoms with Gasteiger partial charge in [0.25, 0.3) is 17.4 Å². The zero-order chi connectivity index (χ0) is 21.7. The second-order valence-electron chi connectivity index (χ2n) is 6.58. The second kappa shape index (κ2) is 8.99. The van der Waals surface area contributed by atoms with Crippen LogP contribution in [-0.4, -0.2) is 39.5 Å². The van der Waals surface area contributed by atoms with Crippen LogP contribution >= 0.6 is 0 Å². The summed E-state index contributed by atoms with van der Waals surface area (Å²) < 4.78 is 1.63. The number of aryl methyl sites for hydroxylation is 1. The average molecular weight is 407 g/mol. The van der Waals surface area contributed by atoms with Crippen molar-refractivity contribution in [3.63, 3.8) is 0 Å². The highest BCUT2D eigenvalue weighted by Crippen LogP contribution is 2.22. The average Bonchev–Trinajstić information content (AvgIpc) is 3.05. The van der Waals surface area contributed by atoms with Gasteiger partial charge in [0.1, 0.15) is 5.69 Å². The van der Waals surface area contributed by atoms with E-state index >= 15 is 0 Å². The standard InChI is InChI=1S/C21H21N5O4/c1-14-19(15(2)25(24-14)16-8-4-3-5-9-16)20(27)21(28)23-13-12-22-17-10-6-7-11-18(17)26(29)30/h3-11,22H,12-13H2,1-2H3,(H,23,28). The maximum atomic E-state index is 12.7.